The molecular formula is C2H8ClCrN. The summed E-state index contributed by atoms with van der Waals surface area (Å²) in [4.78, 5) is 0. The Morgan fingerprint density at radius 3 is 1.20 bits per heavy atom. The number of rotatable bonds is 0. The predicted octanol–water partition coefficient (Wildman–Crippen LogP) is 0.255. The molecule has 0 aliphatic carbocycles. The van der Waals surface area contributed by atoms with Crippen LogP contribution in [0.1, 0.15) is 0 Å². The first-order chi connectivity index (χ1) is 1.41. The van der Waals surface area contributed by atoms with Crippen LogP contribution in [0.3, 0.4) is 0 Å². The molecule has 0 aliphatic heterocycles. The van der Waals surface area contributed by atoms with E-state index in [0.717, 1.165) is 0 Å². The number of nitrogens with one attached hydrogen (secondary N) is 1. The zero-order valence-corrected chi connectivity index (χ0v) is 5.41. The molecule has 3 heteroatoms. The monoisotopic (exact) mass is 133 g/mol. The van der Waals surface area contributed by atoms with Crippen molar-refractivity contribution in [3.05, 3.63) is 0 Å². The van der Waals surface area contributed by atoms with E-state index in [2.05, 4.69) is 5.32 Å². The van der Waals surface area contributed by atoms with Crippen molar-refractivity contribution in [2.75, 3.05) is 14.1 Å². The van der Waals surface area contributed by atoms with E-state index < -0.39 is 0 Å². The third kappa shape index (κ3) is 60.5. The van der Waals surface area contributed by atoms with Gasteiger partial charge in [-0.05, 0) is 14.1 Å². The van der Waals surface area contributed by atoms with Crippen molar-refractivity contribution in [1.29, 1.82) is 0 Å². The average Bonchev–Trinajstić information content (AvgIpc) is 0.918. The molecule has 0 atom stereocenters. The maximum atomic E-state index is 2.75. The van der Waals surface area contributed by atoms with Gasteiger partial charge in [-0.25, -0.2) is 0 Å². The maximum absolute atomic E-state index is 2.75. The van der Waals surface area contributed by atoms with E-state index in [-0.39, 0.29) is 29.8 Å². The fourth-order valence-electron chi connectivity index (χ4n) is 0. The van der Waals surface area contributed by atoms with E-state index >= 15 is 0 Å². The summed E-state index contributed by atoms with van der Waals surface area (Å²) in [7, 11) is 3.75. The van der Waals surface area contributed by atoms with Crippen LogP contribution in [-0.4, -0.2) is 14.1 Å². The zero-order chi connectivity index (χ0) is 2.71. The molecule has 0 aromatic rings. The molecule has 1 N–H and O–H groups in total. The molecule has 0 radical (unpaired) electrons. The molecule has 0 spiro atoms. The minimum atomic E-state index is 0. The standard InChI is InChI=1S/C2H7N.ClH.Cr/c1-3-2;;/h3H,1-2H3;1H;. The van der Waals surface area contributed by atoms with Crippen LogP contribution < -0.4 is 5.32 Å². The van der Waals surface area contributed by atoms with Gasteiger partial charge in [0, 0.05) is 17.4 Å². The quantitative estimate of drug-likeness (QED) is 0.500. The van der Waals surface area contributed by atoms with Crippen molar-refractivity contribution in [1.82, 2.24) is 5.32 Å². The van der Waals surface area contributed by atoms with Crippen molar-refractivity contribution in [2.24, 2.45) is 0 Å². The van der Waals surface area contributed by atoms with Gasteiger partial charge >= 0.3 is 0 Å². The predicted molar refractivity (Wildman–Crippen MR) is 22.2 cm³/mol. The smallest absolute Gasteiger partial charge is 0 e. The fraction of sp³-hybridized carbons (Fsp3) is 1.00. The first-order valence-electron chi connectivity index (χ1n) is 1.00. The van der Waals surface area contributed by atoms with Crippen LogP contribution in [0.5, 0.6) is 0 Å². The molecule has 0 fully saturated rings. The molecule has 0 aliphatic rings. The molecule has 34 valence electrons. The van der Waals surface area contributed by atoms with E-state index in [9.17, 15) is 0 Å². The van der Waals surface area contributed by atoms with Gasteiger partial charge in [-0.15, -0.1) is 12.4 Å². The van der Waals surface area contributed by atoms with E-state index in [1.54, 1.807) is 0 Å². The van der Waals surface area contributed by atoms with Crippen LogP contribution in [-0.2, 0) is 17.4 Å². The Morgan fingerprint density at radius 1 is 1.20 bits per heavy atom. The molecule has 0 bridgehead atoms. The van der Waals surface area contributed by atoms with Gasteiger partial charge in [0.1, 0.15) is 0 Å². The molecule has 0 rings (SSSR count). The summed E-state index contributed by atoms with van der Waals surface area (Å²) in [6.07, 6.45) is 0. The normalized spacial score (nSPS) is 3.60. The second kappa shape index (κ2) is 21.5. The van der Waals surface area contributed by atoms with Gasteiger partial charge in [0.2, 0.25) is 0 Å². The Labute approximate surface area is 49.7 Å². The van der Waals surface area contributed by atoms with Gasteiger partial charge in [-0.1, -0.05) is 0 Å². The zero-order valence-electron chi connectivity index (χ0n) is 3.32. The van der Waals surface area contributed by atoms with Gasteiger partial charge in [0.15, 0.2) is 0 Å². The summed E-state index contributed by atoms with van der Waals surface area (Å²) >= 11 is 0. The van der Waals surface area contributed by atoms with Gasteiger partial charge in [0.25, 0.3) is 0 Å². The fourth-order valence-corrected chi connectivity index (χ4v) is 0. The third-order valence-corrected chi connectivity index (χ3v) is 0. The second-order valence-electron chi connectivity index (χ2n) is 0.500. The Balaban J connectivity index is -0.0000000200. The summed E-state index contributed by atoms with van der Waals surface area (Å²) in [6, 6.07) is 0. The first kappa shape index (κ1) is 17.1. The van der Waals surface area contributed by atoms with Crippen LogP contribution in [0.2, 0.25) is 0 Å². The van der Waals surface area contributed by atoms with Crippen LogP contribution >= 0.6 is 12.4 Å². The minimum Gasteiger partial charge on any atom is -0.323 e. The molecule has 0 heterocycles. The van der Waals surface area contributed by atoms with E-state index in [1.807, 2.05) is 14.1 Å². The minimum absolute atomic E-state index is 0. The summed E-state index contributed by atoms with van der Waals surface area (Å²) < 4.78 is 0. The second-order valence-corrected chi connectivity index (χ2v) is 0.500. The molecule has 0 aromatic heterocycles. The molecule has 1 nitrogen and oxygen atoms in total. The van der Waals surface area contributed by atoms with Crippen LogP contribution in [0.4, 0.5) is 0 Å². The number of hydrogen-bond acceptors (Lipinski definition) is 1. The Kier molecular flexibility index (Phi) is 73.6. The molecule has 5 heavy (non-hydrogen) atoms. The third-order valence-electron chi connectivity index (χ3n) is 0. The van der Waals surface area contributed by atoms with Gasteiger partial charge in [-0.3, -0.25) is 0 Å². The molecular weight excluding hydrogens is 125 g/mol. The van der Waals surface area contributed by atoms with Crippen molar-refractivity contribution in [3.8, 4) is 0 Å². The van der Waals surface area contributed by atoms with E-state index in [4.69, 9.17) is 0 Å². The summed E-state index contributed by atoms with van der Waals surface area (Å²) in [5, 5.41) is 2.75. The van der Waals surface area contributed by atoms with Crippen LogP contribution in [0.15, 0.2) is 0 Å². The topological polar surface area (TPSA) is 12.0 Å². The van der Waals surface area contributed by atoms with E-state index in [0.29, 0.717) is 0 Å². The van der Waals surface area contributed by atoms with Crippen molar-refractivity contribution in [2.45, 2.75) is 0 Å². The molecule has 0 unspecified atom stereocenters. The molecule has 0 amide bonds. The van der Waals surface area contributed by atoms with Crippen molar-refractivity contribution >= 4 is 12.4 Å². The number of halogens is 1. The van der Waals surface area contributed by atoms with Gasteiger partial charge < -0.3 is 5.32 Å². The first-order valence-corrected chi connectivity index (χ1v) is 1.00. The van der Waals surface area contributed by atoms with Crippen LogP contribution in [0.25, 0.3) is 0 Å². The SMILES string of the molecule is CNC.Cl.[Cr]. The molecule has 0 saturated heterocycles. The van der Waals surface area contributed by atoms with Gasteiger partial charge in [-0.2, -0.15) is 0 Å². The molecule has 0 aromatic carbocycles. The summed E-state index contributed by atoms with van der Waals surface area (Å²) in [5.74, 6) is 0. The van der Waals surface area contributed by atoms with Crippen molar-refractivity contribution < 1.29 is 17.4 Å². The van der Waals surface area contributed by atoms with E-state index in [1.165, 1.54) is 0 Å². The Hall–Kier alpha value is 0.782. The molecule has 0 saturated carbocycles. The Bertz CT molecular complexity index is 9.61. The van der Waals surface area contributed by atoms with Crippen LogP contribution in [0, 0.1) is 0 Å². The van der Waals surface area contributed by atoms with Crippen molar-refractivity contribution in [3.63, 3.8) is 0 Å². The van der Waals surface area contributed by atoms with Gasteiger partial charge in [0.05, 0.1) is 0 Å². The Morgan fingerprint density at radius 2 is 1.20 bits per heavy atom. The summed E-state index contributed by atoms with van der Waals surface area (Å²) in [5.41, 5.74) is 0. The average molecular weight is 134 g/mol. The largest absolute Gasteiger partial charge is 0.323 e. The summed E-state index contributed by atoms with van der Waals surface area (Å²) in [6.45, 7) is 0. The maximum Gasteiger partial charge on any atom is 0 e. The number of hydrogen-bond donors (Lipinski definition) is 1.